The minimum atomic E-state index is -0.516. The first kappa shape index (κ1) is 20.0. The highest BCUT2D eigenvalue weighted by molar-refractivity contribution is 5.51. The lowest BCUT2D eigenvalue weighted by Crippen LogP contribution is -2.53. The van der Waals surface area contributed by atoms with Crippen LogP contribution in [0.4, 0.5) is 0 Å². The number of methoxy groups -OCH3 is 2. The van der Waals surface area contributed by atoms with E-state index in [0.29, 0.717) is 0 Å². The van der Waals surface area contributed by atoms with Gasteiger partial charge in [0.2, 0.25) is 0 Å². The maximum absolute atomic E-state index is 5.39. The summed E-state index contributed by atoms with van der Waals surface area (Å²) in [6, 6.07) is 27.2. The van der Waals surface area contributed by atoms with E-state index in [1.165, 1.54) is 5.56 Å². The zero-order valence-electron chi connectivity index (χ0n) is 17.3. The maximum atomic E-state index is 5.39. The van der Waals surface area contributed by atoms with Crippen LogP contribution in [0.5, 0.6) is 11.5 Å². The number of nitrogens with one attached hydrogen (secondary N) is 1. The number of benzene rings is 3. The van der Waals surface area contributed by atoms with Gasteiger partial charge in [0.25, 0.3) is 0 Å². The van der Waals surface area contributed by atoms with Gasteiger partial charge in [-0.25, -0.2) is 0 Å². The molecule has 0 spiro atoms. The third kappa shape index (κ3) is 4.05. The van der Waals surface area contributed by atoms with Gasteiger partial charge in [-0.3, -0.25) is 5.32 Å². The van der Waals surface area contributed by atoms with E-state index in [-0.39, 0.29) is 5.54 Å². The minimum Gasteiger partial charge on any atom is -0.497 e. The lowest BCUT2D eigenvalue weighted by Gasteiger charge is -2.42. The molecule has 0 bridgehead atoms. The van der Waals surface area contributed by atoms with Crippen LogP contribution in [0.25, 0.3) is 0 Å². The Morgan fingerprint density at radius 1 is 0.571 bits per heavy atom. The molecule has 0 aliphatic heterocycles. The SMILES string of the molecule is COc1ccc(C(NC(C)(C)C)(c2ccccc2)c2ccc(OC)cc2)cc1. The van der Waals surface area contributed by atoms with Gasteiger partial charge in [-0.15, -0.1) is 0 Å². The molecule has 0 aliphatic carbocycles. The van der Waals surface area contributed by atoms with Crippen molar-refractivity contribution in [3.05, 3.63) is 95.6 Å². The van der Waals surface area contributed by atoms with E-state index >= 15 is 0 Å². The summed E-state index contributed by atoms with van der Waals surface area (Å²) in [6.45, 7) is 6.58. The van der Waals surface area contributed by atoms with Gasteiger partial charge in [0.05, 0.1) is 19.8 Å². The predicted molar refractivity (Wildman–Crippen MR) is 115 cm³/mol. The third-order valence-corrected chi connectivity index (χ3v) is 4.82. The fourth-order valence-corrected chi connectivity index (χ4v) is 3.65. The molecule has 0 saturated carbocycles. The Hall–Kier alpha value is -2.78. The van der Waals surface area contributed by atoms with E-state index in [9.17, 15) is 0 Å². The van der Waals surface area contributed by atoms with E-state index in [2.05, 4.69) is 74.6 Å². The van der Waals surface area contributed by atoms with Crippen LogP contribution in [0.3, 0.4) is 0 Å². The molecule has 0 atom stereocenters. The molecule has 146 valence electrons. The molecule has 0 aliphatic rings. The van der Waals surface area contributed by atoms with Crippen LogP contribution in [-0.4, -0.2) is 19.8 Å². The molecule has 0 unspecified atom stereocenters. The third-order valence-electron chi connectivity index (χ3n) is 4.82. The van der Waals surface area contributed by atoms with Gasteiger partial charge in [-0.05, 0) is 61.7 Å². The average Bonchev–Trinajstić information content (AvgIpc) is 2.72. The van der Waals surface area contributed by atoms with Gasteiger partial charge < -0.3 is 9.47 Å². The zero-order valence-corrected chi connectivity index (χ0v) is 17.3. The first-order valence-electron chi connectivity index (χ1n) is 9.53. The minimum absolute atomic E-state index is 0.129. The number of rotatable bonds is 6. The molecule has 1 N–H and O–H groups in total. The monoisotopic (exact) mass is 375 g/mol. The van der Waals surface area contributed by atoms with Crippen molar-refractivity contribution >= 4 is 0 Å². The van der Waals surface area contributed by atoms with Gasteiger partial charge in [0.1, 0.15) is 11.5 Å². The largest absolute Gasteiger partial charge is 0.497 e. The molecule has 28 heavy (non-hydrogen) atoms. The van der Waals surface area contributed by atoms with Crippen molar-refractivity contribution < 1.29 is 9.47 Å². The summed E-state index contributed by atoms with van der Waals surface area (Å²) in [5.74, 6) is 1.69. The summed E-state index contributed by atoms with van der Waals surface area (Å²) in [6.07, 6.45) is 0. The molecule has 3 heteroatoms. The van der Waals surface area contributed by atoms with Crippen molar-refractivity contribution in [1.29, 1.82) is 0 Å². The lowest BCUT2D eigenvalue weighted by atomic mass is 9.75. The summed E-state index contributed by atoms with van der Waals surface area (Å²) in [4.78, 5) is 0. The second-order valence-electron chi connectivity index (χ2n) is 7.95. The van der Waals surface area contributed by atoms with Crippen molar-refractivity contribution in [2.75, 3.05) is 14.2 Å². The predicted octanol–water partition coefficient (Wildman–Crippen LogP) is 5.38. The molecule has 0 radical (unpaired) electrons. The van der Waals surface area contributed by atoms with E-state index in [1.54, 1.807) is 14.2 Å². The molecular formula is C25H29NO2. The molecule has 0 aromatic heterocycles. The van der Waals surface area contributed by atoms with Gasteiger partial charge >= 0.3 is 0 Å². The summed E-state index contributed by atoms with van der Waals surface area (Å²) >= 11 is 0. The topological polar surface area (TPSA) is 30.5 Å². The van der Waals surface area contributed by atoms with Crippen molar-refractivity contribution in [3.63, 3.8) is 0 Å². The Balaban J connectivity index is 2.29. The molecule has 0 fully saturated rings. The summed E-state index contributed by atoms with van der Waals surface area (Å²) in [7, 11) is 3.38. The van der Waals surface area contributed by atoms with Crippen molar-refractivity contribution in [3.8, 4) is 11.5 Å². The average molecular weight is 376 g/mol. The highest BCUT2D eigenvalue weighted by atomic mass is 16.5. The Bertz CT molecular complexity index is 831. The van der Waals surface area contributed by atoms with Crippen molar-refractivity contribution in [2.24, 2.45) is 0 Å². The molecule has 0 saturated heterocycles. The van der Waals surface area contributed by atoms with Crippen LogP contribution in [0, 0.1) is 0 Å². The van der Waals surface area contributed by atoms with Gasteiger partial charge in [-0.1, -0.05) is 54.6 Å². The van der Waals surface area contributed by atoms with Crippen LogP contribution in [0.2, 0.25) is 0 Å². The first-order valence-corrected chi connectivity index (χ1v) is 9.53. The Morgan fingerprint density at radius 2 is 0.964 bits per heavy atom. The van der Waals surface area contributed by atoms with E-state index in [4.69, 9.17) is 9.47 Å². The van der Waals surface area contributed by atoms with E-state index < -0.39 is 5.54 Å². The number of hydrogen-bond donors (Lipinski definition) is 1. The second kappa shape index (κ2) is 8.07. The highest BCUT2D eigenvalue weighted by Crippen LogP contribution is 2.39. The zero-order chi connectivity index (χ0) is 20.2. The van der Waals surface area contributed by atoms with Crippen LogP contribution in [-0.2, 0) is 5.54 Å². The lowest BCUT2D eigenvalue weighted by molar-refractivity contribution is 0.326. The van der Waals surface area contributed by atoms with Gasteiger partial charge in [0, 0.05) is 5.54 Å². The smallest absolute Gasteiger partial charge is 0.118 e. The summed E-state index contributed by atoms with van der Waals surface area (Å²) in [5, 5.41) is 3.91. The van der Waals surface area contributed by atoms with Gasteiger partial charge in [-0.2, -0.15) is 0 Å². The van der Waals surface area contributed by atoms with Crippen molar-refractivity contribution in [1.82, 2.24) is 5.32 Å². The number of ether oxygens (including phenoxy) is 2. The molecule has 0 amide bonds. The standard InChI is InChI=1S/C25H29NO2/c1-24(2,3)26-25(19-9-7-6-8-10-19,20-11-15-22(27-4)16-12-20)21-13-17-23(28-5)18-14-21/h6-18,26H,1-5H3. The number of hydrogen-bond acceptors (Lipinski definition) is 3. The van der Waals surface area contributed by atoms with Crippen LogP contribution >= 0.6 is 0 Å². The quantitative estimate of drug-likeness (QED) is 0.587. The Kier molecular flexibility index (Phi) is 5.76. The van der Waals surface area contributed by atoms with Gasteiger partial charge in [0.15, 0.2) is 0 Å². The molecular weight excluding hydrogens is 346 g/mol. The van der Waals surface area contributed by atoms with Crippen LogP contribution in [0.15, 0.2) is 78.9 Å². The van der Waals surface area contributed by atoms with Crippen LogP contribution in [0.1, 0.15) is 37.5 Å². The van der Waals surface area contributed by atoms with E-state index in [1.807, 2.05) is 30.3 Å². The molecule has 0 heterocycles. The first-order chi connectivity index (χ1) is 13.4. The molecule has 3 rings (SSSR count). The van der Waals surface area contributed by atoms with E-state index in [0.717, 1.165) is 22.6 Å². The highest BCUT2D eigenvalue weighted by Gasteiger charge is 2.39. The van der Waals surface area contributed by atoms with Crippen LogP contribution < -0.4 is 14.8 Å². The fraction of sp³-hybridized carbons (Fsp3) is 0.280. The fourth-order valence-electron chi connectivity index (χ4n) is 3.65. The Labute approximate surface area is 168 Å². The second-order valence-corrected chi connectivity index (χ2v) is 7.95. The maximum Gasteiger partial charge on any atom is 0.118 e. The summed E-state index contributed by atoms with van der Waals surface area (Å²) < 4.78 is 10.8. The van der Waals surface area contributed by atoms with Crippen molar-refractivity contribution in [2.45, 2.75) is 31.8 Å². The summed E-state index contributed by atoms with van der Waals surface area (Å²) in [5.41, 5.74) is 2.84. The molecule has 3 aromatic carbocycles. The molecule has 3 nitrogen and oxygen atoms in total. The molecule has 3 aromatic rings. The normalized spacial score (nSPS) is 11.9. The Morgan fingerprint density at radius 3 is 1.32 bits per heavy atom.